The van der Waals surface area contributed by atoms with Crippen LogP contribution in [0.1, 0.15) is 39.3 Å². The molecule has 2 unspecified atom stereocenters. The molecule has 1 rings (SSSR count). The van der Waals surface area contributed by atoms with Crippen molar-refractivity contribution in [3.05, 3.63) is 29.8 Å². The Balaban J connectivity index is 2.82. The van der Waals surface area contributed by atoms with Crippen molar-refractivity contribution < 1.29 is 4.74 Å². The number of hydrogen-bond acceptors (Lipinski definition) is 2. The molecule has 0 saturated carbocycles. The molecule has 0 heterocycles. The summed E-state index contributed by atoms with van der Waals surface area (Å²) in [6.07, 6.45) is 0. The quantitative estimate of drug-likeness (QED) is 0.813. The van der Waals surface area contributed by atoms with Gasteiger partial charge in [0.15, 0.2) is 0 Å². The molecular weight excluding hydrogens is 210 g/mol. The average Bonchev–Trinajstić information content (AvgIpc) is 2.32. The molecule has 2 heteroatoms. The molecule has 0 aliphatic rings. The fourth-order valence-corrected chi connectivity index (χ4v) is 2.06. The second-order valence-corrected chi connectivity index (χ2v) is 4.87. The lowest BCUT2D eigenvalue weighted by atomic mass is 9.86. The second-order valence-electron chi connectivity index (χ2n) is 4.87. The van der Waals surface area contributed by atoms with Crippen LogP contribution in [0, 0.1) is 11.8 Å². The first kappa shape index (κ1) is 14.0. The summed E-state index contributed by atoms with van der Waals surface area (Å²) in [4.78, 5) is 0. The predicted octanol–water partition coefficient (Wildman–Crippen LogP) is 3.64. The van der Waals surface area contributed by atoms with Crippen LogP contribution in [0.15, 0.2) is 24.3 Å². The molecule has 0 fully saturated rings. The van der Waals surface area contributed by atoms with Crippen LogP contribution in [0.2, 0.25) is 0 Å². The van der Waals surface area contributed by atoms with Crippen LogP contribution < -0.4 is 10.1 Å². The maximum Gasteiger partial charge on any atom is 0.119 e. The SMILES string of the molecule is CCOc1ccc(C(NC)C(C)C(C)C)cc1. The van der Waals surface area contributed by atoms with Gasteiger partial charge in [0, 0.05) is 6.04 Å². The molecule has 0 aromatic heterocycles. The van der Waals surface area contributed by atoms with Crippen molar-refractivity contribution in [2.24, 2.45) is 11.8 Å². The van der Waals surface area contributed by atoms with E-state index in [9.17, 15) is 0 Å². The molecule has 1 N–H and O–H groups in total. The highest BCUT2D eigenvalue weighted by Gasteiger charge is 2.20. The van der Waals surface area contributed by atoms with Gasteiger partial charge in [0.25, 0.3) is 0 Å². The minimum Gasteiger partial charge on any atom is -0.494 e. The summed E-state index contributed by atoms with van der Waals surface area (Å²) in [5, 5.41) is 3.41. The number of rotatable bonds is 6. The largest absolute Gasteiger partial charge is 0.494 e. The molecule has 0 bridgehead atoms. The zero-order valence-electron chi connectivity index (χ0n) is 11.7. The Kier molecular flexibility index (Phi) is 5.49. The fraction of sp³-hybridized carbons (Fsp3) is 0.600. The Morgan fingerprint density at radius 1 is 1.12 bits per heavy atom. The van der Waals surface area contributed by atoms with Crippen molar-refractivity contribution in [2.45, 2.75) is 33.7 Å². The standard InChI is InChI=1S/C15H25NO/c1-6-17-14-9-7-13(8-10-14)15(16-5)12(4)11(2)3/h7-12,15-16H,6H2,1-5H3. The summed E-state index contributed by atoms with van der Waals surface area (Å²) in [5.41, 5.74) is 1.33. The third-order valence-electron chi connectivity index (χ3n) is 3.44. The third-order valence-corrected chi connectivity index (χ3v) is 3.44. The van der Waals surface area contributed by atoms with E-state index in [1.54, 1.807) is 0 Å². The first-order valence-corrected chi connectivity index (χ1v) is 6.50. The molecule has 1 aromatic carbocycles. The Morgan fingerprint density at radius 2 is 1.71 bits per heavy atom. The van der Waals surface area contributed by atoms with Gasteiger partial charge in [0.2, 0.25) is 0 Å². The van der Waals surface area contributed by atoms with Crippen molar-refractivity contribution in [1.29, 1.82) is 0 Å². The molecule has 96 valence electrons. The van der Waals surface area contributed by atoms with Crippen molar-refractivity contribution in [3.63, 3.8) is 0 Å². The molecule has 0 spiro atoms. The number of benzene rings is 1. The lowest BCUT2D eigenvalue weighted by Gasteiger charge is -2.27. The van der Waals surface area contributed by atoms with Crippen LogP contribution >= 0.6 is 0 Å². The first-order valence-electron chi connectivity index (χ1n) is 6.50. The predicted molar refractivity (Wildman–Crippen MR) is 73.4 cm³/mol. The van der Waals surface area contributed by atoms with E-state index in [2.05, 4.69) is 50.4 Å². The lowest BCUT2D eigenvalue weighted by Crippen LogP contribution is -2.26. The molecule has 17 heavy (non-hydrogen) atoms. The van der Waals surface area contributed by atoms with Crippen LogP contribution in [-0.2, 0) is 0 Å². The molecule has 0 aliphatic heterocycles. The molecule has 0 amide bonds. The molecule has 1 aromatic rings. The van der Waals surface area contributed by atoms with E-state index in [0.717, 1.165) is 12.4 Å². The topological polar surface area (TPSA) is 21.3 Å². The van der Waals surface area contributed by atoms with E-state index in [1.807, 2.05) is 14.0 Å². The average molecular weight is 235 g/mol. The molecule has 0 radical (unpaired) electrons. The summed E-state index contributed by atoms with van der Waals surface area (Å²) < 4.78 is 5.46. The van der Waals surface area contributed by atoms with Gasteiger partial charge >= 0.3 is 0 Å². The summed E-state index contributed by atoms with van der Waals surface area (Å²) in [7, 11) is 2.03. The van der Waals surface area contributed by atoms with E-state index in [1.165, 1.54) is 5.56 Å². The molecule has 2 nitrogen and oxygen atoms in total. The van der Waals surface area contributed by atoms with Gasteiger partial charge in [-0.2, -0.15) is 0 Å². The zero-order chi connectivity index (χ0) is 12.8. The van der Waals surface area contributed by atoms with Crippen LogP contribution in [-0.4, -0.2) is 13.7 Å². The maximum atomic E-state index is 5.46. The van der Waals surface area contributed by atoms with Gasteiger partial charge in [-0.15, -0.1) is 0 Å². The number of nitrogens with one attached hydrogen (secondary N) is 1. The van der Waals surface area contributed by atoms with E-state index in [4.69, 9.17) is 4.74 Å². The van der Waals surface area contributed by atoms with Crippen molar-refractivity contribution in [1.82, 2.24) is 5.32 Å². The maximum absolute atomic E-state index is 5.46. The normalized spacial score (nSPS) is 14.7. The monoisotopic (exact) mass is 235 g/mol. The summed E-state index contributed by atoms with van der Waals surface area (Å²) in [6, 6.07) is 8.83. The van der Waals surface area contributed by atoms with Gasteiger partial charge in [0.1, 0.15) is 5.75 Å². The van der Waals surface area contributed by atoms with Crippen LogP contribution in [0.5, 0.6) is 5.75 Å². The Labute approximate surface area is 105 Å². The van der Waals surface area contributed by atoms with Crippen LogP contribution in [0.25, 0.3) is 0 Å². The zero-order valence-corrected chi connectivity index (χ0v) is 11.7. The second kappa shape index (κ2) is 6.65. The Morgan fingerprint density at radius 3 is 2.12 bits per heavy atom. The summed E-state index contributed by atoms with van der Waals surface area (Å²) in [5.74, 6) is 2.22. The van der Waals surface area contributed by atoms with Crippen LogP contribution in [0.4, 0.5) is 0 Å². The van der Waals surface area contributed by atoms with Gasteiger partial charge in [-0.3, -0.25) is 0 Å². The fourth-order valence-electron chi connectivity index (χ4n) is 2.06. The van der Waals surface area contributed by atoms with Crippen molar-refractivity contribution in [3.8, 4) is 5.75 Å². The minimum atomic E-state index is 0.408. The van der Waals surface area contributed by atoms with Crippen LogP contribution in [0.3, 0.4) is 0 Å². The van der Waals surface area contributed by atoms with Gasteiger partial charge < -0.3 is 10.1 Å². The Hall–Kier alpha value is -1.02. The molecule has 2 atom stereocenters. The molecular formula is C15H25NO. The van der Waals surface area contributed by atoms with E-state index in [-0.39, 0.29) is 0 Å². The molecule has 0 saturated heterocycles. The first-order chi connectivity index (χ1) is 8.10. The van der Waals surface area contributed by atoms with Crippen molar-refractivity contribution in [2.75, 3.05) is 13.7 Å². The summed E-state index contributed by atoms with van der Waals surface area (Å²) in [6.45, 7) is 9.55. The highest BCUT2D eigenvalue weighted by molar-refractivity contribution is 5.29. The number of hydrogen-bond donors (Lipinski definition) is 1. The minimum absolute atomic E-state index is 0.408. The van der Waals surface area contributed by atoms with E-state index < -0.39 is 0 Å². The van der Waals surface area contributed by atoms with Crippen molar-refractivity contribution >= 4 is 0 Å². The third kappa shape index (κ3) is 3.74. The lowest BCUT2D eigenvalue weighted by molar-refractivity contribution is 0.316. The van der Waals surface area contributed by atoms with E-state index >= 15 is 0 Å². The highest BCUT2D eigenvalue weighted by Crippen LogP contribution is 2.28. The summed E-state index contributed by atoms with van der Waals surface area (Å²) >= 11 is 0. The van der Waals surface area contributed by atoms with Gasteiger partial charge in [-0.05, 0) is 43.5 Å². The Bertz CT molecular complexity index is 318. The highest BCUT2D eigenvalue weighted by atomic mass is 16.5. The smallest absolute Gasteiger partial charge is 0.119 e. The molecule has 0 aliphatic carbocycles. The van der Waals surface area contributed by atoms with Gasteiger partial charge in [-0.1, -0.05) is 32.9 Å². The van der Waals surface area contributed by atoms with Gasteiger partial charge in [0.05, 0.1) is 6.61 Å². The number of ether oxygens (including phenoxy) is 1. The van der Waals surface area contributed by atoms with Gasteiger partial charge in [-0.25, -0.2) is 0 Å². The van der Waals surface area contributed by atoms with E-state index in [0.29, 0.717) is 17.9 Å².